The Balaban J connectivity index is 2.12. The lowest BCUT2D eigenvalue weighted by atomic mass is 10.1. The first-order chi connectivity index (χ1) is 9.90. The second-order valence-electron chi connectivity index (χ2n) is 5.42. The second-order valence-corrected chi connectivity index (χ2v) is 5.85. The van der Waals surface area contributed by atoms with Crippen molar-refractivity contribution in [3.8, 4) is 5.75 Å². The van der Waals surface area contributed by atoms with E-state index in [0.29, 0.717) is 16.8 Å². The maximum absolute atomic E-state index is 12.3. The minimum atomic E-state index is -0.0185. The maximum atomic E-state index is 12.3. The lowest BCUT2D eigenvalue weighted by Crippen LogP contribution is -2.13. The monoisotopic (exact) mass is 305 g/mol. The number of hydrogen-bond acceptors (Lipinski definition) is 2. The van der Waals surface area contributed by atoms with Gasteiger partial charge < -0.3 is 9.30 Å². The van der Waals surface area contributed by atoms with Crippen LogP contribution in [-0.4, -0.2) is 17.0 Å². The molecule has 0 N–H and O–H groups in total. The van der Waals surface area contributed by atoms with E-state index in [0.717, 1.165) is 17.0 Å². The Morgan fingerprint density at radius 3 is 2.57 bits per heavy atom. The normalized spacial score (nSPS) is 11.0. The zero-order valence-electron chi connectivity index (χ0n) is 12.8. The van der Waals surface area contributed by atoms with Gasteiger partial charge in [-0.05, 0) is 52.0 Å². The van der Waals surface area contributed by atoms with Gasteiger partial charge in [-0.2, -0.15) is 0 Å². The van der Waals surface area contributed by atoms with Crippen LogP contribution in [0.25, 0.3) is 0 Å². The quantitative estimate of drug-likeness (QED) is 0.756. The van der Waals surface area contributed by atoms with Crippen LogP contribution in [0.15, 0.2) is 30.3 Å². The number of benzene rings is 1. The summed E-state index contributed by atoms with van der Waals surface area (Å²) in [6, 6.07) is 9.32. The van der Waals surface area contributed by atoms with Crippen LogP contribution in [0.1, 0.15) is 41.6 Å². The van der Waals surface area contributed by atoms with Crippen molar-refractivity contribution in [3.63, 3.8) is 0 Å². The molecule has 0 aliphatic rings. The highest BCUT2D eigenvalue weighted by Crippen LogP contribution is 2.21. The first kappa shape index (κ1) is 15.6. The van der Waals surface area contributed by atoms with E-state index < -0.39 is 0 Å². The van der Waals surface area contributed by atoms with Gasteiger partial charge in [0.05, 0.1) is 0 Å². The molecule has 21 heavy (non-hydrogen) atoms. The zero-order valence-corrected chi connectivity index (χ0v) is 13.6. The Kier molecular flexibility index (Phi) is 4.73. The molecule has 0 unspecified atom stereocenters. The van der Waals surface area contributed by atoms with Crippen molar-refractivity contribution >= 4 is 17.4 Å². The molecular weight excluding hydrogens is 286 g/mol. The fraction of sp³-hybridized carbons (Fsp3) is 0.353. The molecule has 0 radical (unpaired) electrons. The molecule has 2 rings (SSSR count). The third-order valence-corrected chi connectivity index (χ3v) is 3.70. The zero-order chi connectivity index (χ0) is 15.6. The third-order valence-electron chi connectivity index (χ3n) is 3.47. The lowest BCUT2D eigenvalue weighted by molar-refractivity contribution is 0.0920. The first-order valence-corrected chi connectivity index (χ1v) is 7.38. The Bertz CT molecular complexity index is 659. The first-order valence-electron chi connectivity index (χ1n) is 7.00. The molecule has 1 aromatic carbocycles. The second kappa shape index (κ2) is 6.35. The van der Waals surface area contributed by atoms with Gasteiger partial charge in [-0.3, -0.25) is 4.79 Å². The van der Waals surface area contributed by atoms with Crippen LogP contribution in [0.3, 0.4) is 0 Å². The summed E-state index contributed by atoms with van der Waals surface area (Å²) in [5, 5.41) is 0.595. The summed E-state index contributed by atoms with van der Waals surface area (Å²) >= 11 is 5.89. The summed E-state index contributed by atoms with van der Waals surface area (Å²) < 4.78 is 7.68. The molecule has 0 atom stereocenters. The molecule has 0 spiro atoms. The van der Waals surface area contributed by atoms with Gasteiger partial charge in [0.15, 0.2) is 6.61 Å². The summed E-state index contributed by atoms with van der Waals surface area (Å²) in [4.78, 5) is 12.3. The largest absolute Gasteiger partial charge is 0.485 e. The maximum Gasteiger partial charge on any atom is 0.202 e. The smallest absolute Gasteiger partial charge is 0.202 e. The number of carbonyl (C=O) groups excluding carboxylic acids is 1. The molecule has 0 fully saturated rings. The van der Waals surface area contributed by atoms with Gasteiger partial charge in [-0.25, -0.2) is 0 Å². The van der Waals surface area contributed by atoms with E-state index in [1.165, 1.54) is 0 Å². The van der Waals surface area contributed by atoms with Gasteiger partial charge in [0.1, 0.15) is 5.75 Å². The Labute approximate surface area is 130 Å². The molecule has 3 nitrogen and oxygen atoms in total. The third kappa shape index (κ3) is 3.48. The Morgan fingerprint density at radius 1 is 1.29 bits per heavy atom. The molecule has 2 aromatic rings. The van der Waals surface area contributed by atoms with Crippen LogP contribution in [0, 0.1) is 13.8 Å². The van der Waals surface area contributed by atoms with Crippen LogP contribution < -0.4 is 4.74 Å². The van der Waals surface area contributed by atoms with Gasteiger partial charge in [0.25, 0.3) is 0 Å². The van der Waals surface area contributed by atoms with E-state index in [9.17, 15) is 4.79 Å². The van der Waals surface area contributed by atoms with Crippen molar-refractivity contribution < 1.29 is 9.53 Å². The topological polar surface area (TPSA) is 31.2 Å². The fourth-order valence-corrected chi connectivity index (χ4v) is 2.82. The molecule has 112 valence electrons. The number of ether oxygens (including phenoxy) is 1. The fourth-order valence-electron chi connectivity index (χ4n) is 2.64. The van der Waals surface area contributed by atoms with E-state index in [2.05, 4.69) is 18.4 Å². The van der Waals surface area contributed by atoms with E-state index in [1.807, 2.05) is 19.9 Å². The average molecular weight is 306 g/mol. The highest BCUT2D eigenvalue weighted by molar-refractivity contribution is 6.30. The number of carbonyl (C=O) groups is 1. The van der Waals surface area contributed by atoms with Gasteiger partial charge in [-0.15, -0.1) is 0 Å². The molecule has 1 aromatic heterocycles. The number of ketones is 1. The summed E-state index contributed by atoms with van der Waals surface area (Å²) in [5.74, 6) is 0.587. The molecule has 1 heterocycles. The van der Waals surface area contributed by atoms with E-state index in [-0.39, 0.29) is 12.4 Å². The predicted molar refractivity (Wildman–Crippen MR) is 85.6 cm³/mol. The molecular formula is C17H20ClNO2. The van der Waals surface area contributed by atoms with Crippen LogP contribution in [0.2, 0.25) is 5.02 Å². The van der Waals surface area contributed by atoms with Crippen LogP contribution in [0.4, 0.5) is 0 Å². The number of aromatic nitrogens is 1. The molecule has 0 amide bonds. The van der Waals surface area contributed by atoms with Gasteiger partial charge in [0.2, 0.25) is 5.78 Å². The van der Waals surface area contributed by atoms with Crippen molar-refractivity contribution in [2.24, 2.45) is 0 Å². The van der Waals surface area contributed by atoms with Crippen molar-refractivity contribution in [1.82, 2.24) is 4.57 Å². The average Bonchev–Trinajstić information content (AvgIpc) is 2.71. The highest BCUT2D eigenvalue weighted by Gasteiger charge is 2.17. The number of halogens is 1. The van der Waals surface area contributed by atoms with Crippen molar-refractivity contribution in [1.29, 1.82) is 0 Å². The number of rotatable bonds is 5. The molecule has 0 aliphatic carbocycles. The van der Waals surface area contributed by atoms with Crippen molar-refractivity contribution in [2.45, 2.75) is 33.7 Å². The molecule has 0 saturated heterocycles. The number of hydrogen-bond donors (Lipinski definition) is 0. The molecule has 0 bridgehead atoms. The minimum Gasteiger partial charge on any atom is -0.485 e. The van der Waals surface area contributed by atoms with Gasteiger partial charge >= 0.3 is 0 Å². The van der Waals surface area contributed by atoms with Crippen LogP contribution in [-0.2, 0) is 0 Å². The van der Waals surface area contributed by atoms with Crippen molar-refractivity contribution in [3.05, 3.63) is 52.3 Å². The van der Waals surface area contributed by atoms with E-state index in [4.69, 9.17) is 16.3 Å². The molecule has 0 saturated carbocycles. The standard InChI is InChI=1S/C17H20ClNO2/c1-11(2)19-12(3)8-16(13(19)4)17(20)10-21-15-7-5-6-14(18)9-15/h5-9,11H,10H2,1-4H3. The van der Waals surface area contributed by atoms with Gasteiger partial charge in [-0.1, -0.05) is 17.7 Å². The number of nitrogens with zero attached hydrogens (tertiary/aromatic N) is 1. The Morgan fingerprint density at radius 2 is 2.00 bits per heavy atom. The van der Waals surface area contributed by atoms with Crippen LogP contribution >= 0.6 is 11.6 Å². The lowest BCUT2D eigenvalue weighted by Gasteiger charge is -2.13. The number of Topliss-reactive ketones (excluding diaryl/α,β-unsaturated/α-hetero) is 1. The Hall–Kier alpha value is -1.74. The molecule has 0 aliphatic heterocycles. The summed E-state index contributed by atoms with van der Waals surface area (Å²) in [6.45, 7) is 8.22. The summed E-state index contributed by atoms with van der Waals surface area (Å²) in [7, 11) is 0. The minimum absolute atomic E-state index is 0.0166. The summed E-state index contributed by atoms with van der Waals surface area (Å²) in [5.41, 5.74) is 2.80. The predicted octanol–water partition coefficient (Wildman–Crippen LogP) is 4.60. The summed E-state index contributed by atoms with van der Waals surface area (Å²) in [6.07, 6.45) is 0. The van der Waals surface area contributed by atoms with Gasteiger partial charge in [0, 0.05) is 28.0 Å². The highest BCUT2D eigenvalue weighted by atomic mass is 35.5. The van der Waals surface area contributed by atoms with Crippen LogP contribution in [0.5, 0.6) is 5.75 Å². The van der Waals surface area contributed by atoms with Crippen molar-refractivity contribution in [2.75, 3.05) is 6.61 Å². The van der Waals surface area contributed by atoms with E-state index in [1.54, 1.807) is 24.3 Å². The van der Waals surface area contributed by atoms with E-state index >= 15 is 0 Å². The molecule has 4 heteroatoms. The SMILES string of the molecule is Cc1cc(C(=O)COc2cccc(Cl)c2)c(C)n1C(C)C. The number of aryl methyl sites for hydroxylation is 1.